The number of anilines is 2. The van der Waals surface area contributed by atoms with Crippen molar-refractivity contribution in [2.75, 3.05) is 24.7 Å². The van der Waals surface area contributed by atoms with Gasteiger partial charge in [0.1, 0.15) is 10.6 Å². The van der Waals surface area contributed by atoms with Crippen molar-refractivity contribution in [1.29, 1.82) is 0 Å². The molecule has 2 aromatic rings. The number of methoxy groups -OCH3 is 1. The summed E-state index contributed by atoms with van der Waals surface area (Å²) >= 11 is 1.27. The molecule has 0 atom stereocenters. The molecule has 106 valence electrons. The van der Waals surface area contributed by atoms with Crippen molar-refractivity contribution in [3.63, 3.8) is 0 Å². The zero-order valence-corrected chi connectivity index (χ0v) is 12.0. The van der Waals surface area contributed by atoms with Crippen LogP contribution in [0.5, 0.6) is 5.75 Å². The molecule has 1 aromatic carbocycles. The molecular formula is C14H17N3O2S. The number of thiophene rings is 1. The summed E-state index contributed by atoms with van der Waals surface area (Å²) in [7, 11) is 1.66. The second-order valence-corrected chi connectivity index (χ2v) is 5.30. The number of rotatable bonds is 6. The van der Waals surface area contributed by atoms with Crippen molar-refractivity contribution in [3.05, 3.63) is 40.8 Å². The molecule has 1 aromatic heterocycles. The van der Waals surface area contributed by atoms with Crippen LogP contribution < -0.4 is 21.5 Å². The first-order valence-corrected chi connectivity index (χ1v) is 6.98. The highest BCUT2D eigenvalue weighted by atomic mass is 32.1. The maximum Gasteiger partial charge on any atom is 0.260 e. The largest absolute Gasteiger partial charge is 0.496 e. The van der Waals surface area contributed by atoms with Gasteiger partial charge in [-0.25, -0.2) is 0 Å². The molecule has 6 heteroatoms. The predicted molar refractivity (Wildman–Crippen MR) is 82.4 cm³/mol. The lowest BCUT2D eigenvalue weighted by atomic mass is 10.1. The zero-order valence-electron chi connectivity index (χ0n) is 11.2. The van der Waals surface area contributed by atoms with E-state index in [4.69, 9.17) is 16.2 Å². The first-order chi connectivity index (χ1) is 9.61. The van der Waals surface area contributed by atoms with E-state index in [1.54, 1.807) is 13.2 Å². The van der Waals surface area contributed by atoms with E-state index in [0.29, 0.717) is 10.6 Å². The van der Waals surface area contributed by atoms with Crippen molar-refractivity contribution < 1.29 is 9.53 Å². The summed E-state index contributed by atoms with van der Waals surface area (Å²) in [6.07, 6.45) is 0.813. The summed E-state index contributed by atoms with van der Waals surface area (Å²) in [5, 5.41) is 4.07. The average Bonchev–Trinajstić information content (AvgIpc) is 2.80. The number of carbonyl (C=O) groups is 1. The number of amides is 1. The van der Waals surface area contributed by atoms with Crippen LogP contribution in [0.25, 0.3) is 0 Å². The molecule has 5 N–H and O–H groups in total. The SMILES string of the molecule is COc1ccccc1CCNc1cc(N)c(C(N)=O)s1. The fourth-order valence-electron chi connectivity index (χ4n) is 1.91. The predicted octanol–water partition coefficient (Wildman–Crippen LogP) is 2.09. The van der Waals surface area contributed by atoms with Crippen LogP contribution in [0.15, 0.2) is 30.3 Å². The monoisotopic (exact) mass is 291 g/mol. The van der Waals surface area contributed by atoms with E-state index < -0.39 is 5.91 Å². The topological polar surface area (TPSA) is 90.4 Å². The summed E-state index contributed by atoms with van der Waals surface area (Å²) in [5.41, 5.74) is 12.5. The Bertz CT molecular complexity index is 610. The van der Waals surface area contributed by atoms with Gasteiger partial charge in [-0.15, -0.1) is 11.3 Å². The first-order valence-electron chi connectivity index (χ1n) is 6.16. The minimum atomic E-state index is -0.495. The highest BCUT2D eigenvalue weighted by molar-refractivity contribution is 7.18. The first kappa shape index (κ1) is 14.2. The number of primary amides is 1. The lowest BCUT2D eigenvalue weighted by Crippen LogP contribution is -2.10. The zero-order chi connectivity index (χ0) is 14.5. The van der Waals surface area contributed by atoms with E-state index in [-0.39, 0.29) is 0 Å². The van der Waals surface area contributed by atoms with E-state index in [2.05, 4.69) is 5.32 Å². The van der Waals surface area contributed by atoms with E-state index in [9.17, 15) is 4.79 Å². The van der Waals surface area contributed by atoms with Crippen LogP contribution in [0, 0.1) is 0 Å². The van der Waals surface area contributed by atoms with Crippen LogP contribution in [-0.4, -0.2) is 19.6 Å². The van der Waals surface area contributed by atoms with E-state index in [0.717, 1.165) is 29.3 Å². The molecule has 0 unspecified atom stereocenters. The van der Waals surface area contributed by atoms with Crippen LogP contribution >= 0.6 is 11.3 Å². The van der Waals surface area contributed by atoms with Gasteiger partial charge in [-0.3, -0.25) is 4.79 Å². The normalized spacial score (nSPS) is 10.2. The molecule has 2 rings (SSSR count). The highest BCUT2D eigenvalue weighted by Crippen LogP contribution is 2.28. The molecule has 1 heterocycles. The standard InChI is InChI=1S/C14H17N3O2S/c1-19-11-5-3-2-4-9(11)6-7-17-12-8-10(15)13(20-12)14(16)18/h2-5,8,17H,6-7,15H2,1H3,(H2,16,18). The maximum atomic E-state index is 11.1. The summed E-state index contributed by atoms with van der Waals surface area (Å²) in [6.45, 7) is 0.721. The fraction of sp³-hybridized carbons (Fsp3) is 0.214. The van der Waals surface area contributed by atoms with Crippen molar-refractivity contribution >= 4 is 27.9 Å². The molecular weight excluding hydrogens is 274 g/mol. The number of nitrogen functional groups attached to an aromatic ring is 1. The number of hydrogen-bond acceptors (Lipinski definition) is 5. The van der Waals surface area contributed by atoms with Gasteiger partial charge in [-0.1, -0.05) is 18.2 Å². The molecule has 5 nitrogen and oxygen atoms in total. The van der Waals surface area contributed by atoms with E-state index in [1.807, 2.05) is 24.3 Å². The number of nitrogens with two attached hydrogens (primary N) is 2. The minimum absolute atomic E-state index is 0.393. The second-order valence-electron chi connectivity index (χ2n) is 4.25. The second kappa shape index (κ2) is 6.29. The molecule has 0 fully saturated rings. The number of para-hydroxylation sites is 1. The molecule has 0 radical (unpaired) electrons. The van der Waals surface area contributed by atoms with Crippen LogP contribution in [0.1, 0.15) is 15.2 Å². The number of nitrogens with one attached hydrogen (secondary N) is 1. The van der Waals surface area contributed by atoms with Gasteiger partial charge in [0.15, 0.2) is 0 Å². The van der Waals surface area contributed by atoms with E-state index >= 15 is 0 Å². The molecule has 0 saturated carbocycles. The average molecular weight is 291 g/mol. The smallest absolute Gasteiger partial charge is 0.260 e. The van der Waals surface area contributed by atoms with Gasteiger partial charge in [0.2, 0.25) is 0 Å². The Balaban J connectivity index is 1.96. The Hall–Kier alpha value is -2.21. The Labute approximate surface area is 121 Å². The summed E-state index contributed by atoms with van der Waals surface area (Å²) in [6, 6.07) is 9.61. The number of benzene rings is 1. The number of carbonyl (C=O) groups excluding carboxylic acids is 1. The van der Waals surface area contributed by atoms with Crippen molar-refractivity contribution in [2.24, 2.45) is 5.73 Å². The molecule has 1 amide bonds. The fourth-order valence-corrected chi connectivity index (χ4v) is 2.77. The Morgan fingerprint density at radius 1 is 1.40 bits per heavy atom. The Morgan fingerprint density at radius 3 is 2.80 bits per heavy atom. The third-order valence-electron chi connectivity index (χ3n) is 2.87. The number of ether oxygens (including phenoxy) is 1. The van der Waals surface area contributed by atoms with Gasteiger partial charge < -0.3 is 21.5 Å². The van der Waals surface area contributed by atoms with Crippen LogP contribution in [0.3, 0.4) is 0 Å². The van der Waals surface area contributed by atoms with Gasteiger partial charge >= 0.3 is 0 Å². The van der Waals surface area contributed by atoms with Gasteiger partial charge in [-0.2, -0.15) is 0 Å². The van der Waals surface area contributed by atoms with Gasteiger partial charge in [0, 0.05) is 6.54 Å². The van der Waals surface area contributed by atoms with Crippen molar-refractivity contribution in [1.82, 2.24) is 0 Å². The quantitative estimate of drug-likeness (QED) is 0.760. The van der Waals surface area contributed by atoms with E-state index in [1.165, 1.54) is 11.3 Å². The lowest BCUT2D eigenvalue weighted by molar-refractivity contribution is 0.100. The summed E-state index contributed by atoms with van der Waals surface area (Å²) in [5.74, 6) is 0.378. The Morgan fingerprint density at radius 2 is 2.15 bits per heavy atom. The molecule has 0 spiro atoms. The summed E-state index contributed by atoms with van der Waals surface area (Å²) < 4.78 is 5.30. The third kappa shape index (κ3) is 3.21. The summed E-state index contributed by atoms with van der Waals surface area (Å²) in [4.78, 5) is 11.5. The molecule has 0 saturated heterocycles. The lowest BCUT2D eigenvalue weighted by Gasteiger charge is -2.08. The Kier molecular flexibility index (Phi) is 4.47. The third-order valence-corrected chi connectivity index (χ3v) is 3.99. The maximum absolute atomic E-state index is 11.1. The van der Waals surface area contributed by atoms with Gasteiger partial charge in [0.05, 0.1) is 17.8 Å². The van der Waals surface area contributed by atoms with Crippen molar-refractivity contribution in [2.45, 2.75) is 6.42 Å². The molecule has 20 heavy (non-hydrogen) atoms. The molecule has 0 aliphatic heterocycles. The number of hydrogen-bond donors (Lipinski definition) is 3. The molecule has 0 aliphatic rings. The van der Waals surface area contributed by atoms with Crippen molar-refractivity contribution in [3.8, 4) is 5.75 Å². The highest BCUT2D eigenvalue weighted by Gasteiger charge is 2.11. The van der Waals surface area contributed by atoms with Gasteiger partial charge in [0.25, 0.3) is 5.91 Å². The molecule has 0 aliphatic carbocycles. The van der Waals surface area contributed by atoms with Crippen LogP contribution in [-0.2, 0) is 6.42 Å². The van der Waals surface area contributed by atoms with Gasteiger partial charge in [-0.05, 0) is 24.1 Å². The van der Waals surface area contributed by atoms with Crippen LogP contribution in [0.4, 0.5) is 10.7 Å². The minimum Gasteiger partial charge on any atom is -0.496 e. The molecule has 0 bridgehead atoms. The van der Waals surface area contributed by atoms with Crippen LogP contribution in [0.2, 0.25) is 0 Å².